The van der Waals surface area contributed by atoms with Gasteiger partial charge in [-0.05, 0) is 83.5 Å². The minimum absolute atomic E-state index is 0.00716. The Bertz CT molecular complexity index is 1280. The van der Waals surface area contributed by atoms with E-state index in [-0.39, 0.29) is 18.5 Å². The molecule has 6 nitrogen and oxygen atoms in total. The molecule has 0 aromatic heterocycles. The second kappa shape index (κ2) is 68.6. The molecule has 0 aliphatic rings. The normalized spacial score (nSPS) is 12.7. The summed E-state index contributed by atoms with van der Waals surface area (Å²) >= 11 is 0. The van der Waals surface area contributed by atoms with Crippen molar-refractivity contribution in [2.75, 3.05) is 13.2 Å². The Morgan fingerprint density at radius 2 is 0.633 bits per heavy atom. The summed E-state index contributed by atoms with van der Waals surface area (Å²) in [5.74, 6) is -0.0243. The molecule has 3 N–H and O–H groups in total. The molecular weight excluding hydrogens is 971 g/mol. The van der Waals surface area contributed by atoms with Gasteiger partial charge >= 0.3 is 5.97 Å². The standard InChI is InChI=1S/C73H139NO5/c1-3-5-7-9-11-13-15-17-18-39-43-47-51-55-59-63-67-73(78)79-68-64-60-56-52-48-44-40-37-35-33-31-29-27-25-23-21-19-20-22-24-26-28-30-32-34-36-38-42-46-50-54-58-62-66-72(77)74-70(69-75)71(76)65-61-57-53-49-45-41-16-14-12-10-8-6-4-2/h18,23,25,29,31,39,70-71,75-76H,3-17,19-22,24,26-28,30,32-38,40-69H2,1-2H3,(H,74,77)/b25-23-,31-29-,39-18-. The van der Waals surface area contributed by atoms with Gasteiger partial charge in [0.2, 0.25) is 5.91 Å². The molecule has 0 saturated heterocycles. The topological polar surface area (TPSA) is 95.9 Å². The van der Waals surface area contributed by atoms with Crippen molar-refractivity contribution in [2.45, 2.75) is 405 Å². The summed E-state index contributed by atoms with van der Waals surface area (Å²) in [6.45, 7) is 4.97. The molecule has 0 rings (SSSR count). The molecule has 6 heteroatoms. The van der Waals surface area contributed by atoms with Crippen molar-refractivity contribution < 1.29 is 24.5 Å². The fourth-order valence-corrected chi connectivity index (χ4v) is 11.2. The van der Waals surface area contributed by atoms with Crippen LogP contribution in [0.3, 0.4) is 0 Å². The highest BCUT2D eigenvalue weighted by atomic mass is 16.5. The lowest BCUT2D eigenvalue weighted by atomic mass is 10.0. The largest absolute Gasteiger partial charge is 0.466 e. The van der Waals surface area contributed by atoms with Gasteiger partial charge in [-0.25, -0.2) is 0 Å². The molecule has 0 heterocycles. The number of aliphatic hydroxyl groups is 2. The fourth-order valence-electron chi connectivity index (χ4n) is 11.2. The maximum Gasteiger partial charge on any atom is 0.305 e. The molecule has 2 atom stereocenters. The van der Waals surface area contributed by atoms with Gasteiger partial charge in [0.25, 0.3) is 0 Å². The number of amides is 1. The smallest absolute Gasteiger partial charge is 0.305 e. The van der Waals surface area contributed by atoms with Crippen molar-refractivity contribution in [3.63, 3.8) is 0 Å². The Morgan fingerprint density at radius 3 is 0.975 bits per heavy atom. The van der Waals surface area contributed by atoms with Gasteiger partial charge in [-0.3, -0.25) is 9.59 Å². The van der Waals surface area contributed by atoms with Gasteiger partial charge in [0.05, 0.1) is 25.4 Å². The van der Waals surface area contributed by atoms with Crippen molar-refractivity contribution in [3.8, 4) is 0 Å². The summed E-state index contributed by atoms with van der Waals surface area (Å²) in [7, 11) is 0. The first-order valence-corrected chi connectivity index (χ1v) is 35.7. The van der Waals surface area contributed by atoms with Crippen molar-refractivity contribution in [2.24, 2.45) is 0 Å². The average Bonchev–Trinajstić information content (AvgIpc) is 3.45. The third kappa shape index (κ3) is 65.1. The molecule has 2 unspecified atom stereocenters. The highest BCUT2D eigenvalue weighted by Gasteiger charge is 2.20. The number of allylic oxidation sites excluding steroid dienone is 6. The van der Waals surface area contributed by atoms with Crippen LogP contribution < -0.4 is 5.32 Å². The number of ether oxygens (including phenoxy) is 1. The summed E-state index contributed by atoms with van der Waals surface area (Å²) in [6, 6.07) is -0.539. The Labute approximate surface area is 494 Å². The monoisotopic (exact) mass is 1110 g/mol. The van der Waals surface area contributed by atoms with Gasteiger partial charge in [-0.2, -0.15) is 0 Å². The minimum Gasteiger partial charge on any atom is -0.466 e. The molecule has 1 amide bonds. The molecule has 0 radical (unpaired) electrons. The van der Waals surface area contributed by atoms with Crippen LogP contribution in [-0.2, 0) is 14.3 Å². The number of esters is 1. The quantitative estimate of drug-likeness (QED) is 0.0320. The van der Waals surface area contributed by atoms with E-state index in [0.717, 1.165) is 51.4 Å². The van der Waals surface area contributed by atoms with E-state index >= 15 is 0 Å². The Morgan fingerprint density at radius 1 is 0.354 bits per heavy atom. The van der Waals surface area contributed by atoms with Gasteiger partial charge in [-0.15, -0.1) is 0 Å². The number of carbonyl (C=O) groups is 2. The van der Waals surface area contributed by atoms with Crippen LogP contribution in [0.4, 0.5) is 0 Å². The minimum atomic E-state index is -0.662. The zero-order valence-corrected chi connectivity index (χ0v) is 53.4. The average molecular weight is 1110 g/mol. The van der Waals surface area contributed by atoms with Crippen LogP contribution in [0.15, 0.2) is 36.5 Å². The third-order valence-electron chi connectivity index (χ3n) is 16.7. The van der Waals surface area contributed by atoms with Gasteiger partial charge < -0.3 is 20.3 Å². The Balaban J connectivity index is 3.37. The molecule has 0 bridgehead atoms. The highest BCUT2D eigenvalue weighted by molar-refractivity contribution is 5.76. The number of aliphatic hydroxyl groups excluding tert-OH is 2. The molecule has 0 aliphatic heterocycles. The molecular formula is C73H139NO5. The van der Waals surface area contributed by atoms with Crippen LogP contribution in [0.5, 0.6) is 0 Å². The van der Waals surface area contributed by atoms with E-state index in [1.807, 2.05) is 0 Å². The first-order chi connectivity index (χ1) is 39.0. The predicted molar refractivity (Wildman–Crippen MR) is 347 cm³/mol. The molecule has 0 spiro atoms. The molecule has 466 valence electrons. The van der Waals surface area contributed by atoms with Gasteiger partial charge in [-0.1, -0.05) is 333 Å². The lowest BCUT2D eigenvalue weighted by Gasteiger charge is -2.22. The number of rotatable bonds is 67. The van der Waals surface area contributed by atoms with Crippen molar-refractivity contribution in [1.29, 1.82) is 0 Å². The van der Waals surface area contributed by atoms with Crippen LogP contribution >= 0.6 is 0 Å². The summed E-state index contributed by atoms with van der Waals surface area (Å²) in [5.41, 5.74) is 0. The number of carbonyl (C=O) groups excluding carboxylic acids is 2. The number of hydrogen-bond donors (Lipinski definition) is 3. The SMILES string of the molecule is CCCCCCCCC/C=C\CCCCCCCC(=O)OCCCCCCCCCCC/C=C\C/C=C\CCCCCCCCCCCCCCCCCCCC(=O)NC(CO)C(O)CCCCCCCCCCCCCCC. The van der Waals surface area contributed by atoms with Crippen LogP contribution in [0.1, 0.15) is 393 Å². The molecule has 0 fully saturated rings. The van der Waals surface area contributed by atoms with Crippen LogP contribution in [0, 0.1) is 0 Å². The van der Waals surface area contributed by atoms with Crippen LogP contribution in [0.25, 0.3) is 0 Å². The lowest BCUT2D eigenvalue weighted by molar-refractivity contribution is -0.143. The predicted octanol–water partition coefficient (Wildman–Crippen LogP) is 23.1. The molecule has 0 aliphatic carbocycles. The van der Waals surface area contributed by atoms with Gasteiger partial charge in [0, 0.05) is 12.8 Å². The van der Waals surface area contributed by atoms with Crippen molar-refractivity contribution >= 4 is 11.9 Å². The number of hydrogen-bond acceptors (Lipinski definition) is 5. The summed E-state index contributed by atoms with van der Waals surface area (Å²) in [6.07, 6.45) is 87.8. The van der Waals surface area contributed by atoms with Gasteiger partial charge in [0.1, 0.15) is 0 Å². The third-order valence-corrected chi connectivity index (χ3v) is 16.7. The van der Waals surface area contributed by atoms with E-state index < -0.39 is 12.1 Å². The van der Waals surface area contributed by atoms with E-state index in [2.05, 4.69) is 55.6 Å². The second-order valence-electron chi connectivity index (χ2n) is 24.6. The van der Waals surface area contributed by atoms with E-state index in [1.54, 1.807) is 0 Å². The summed E-state index contributed by atoms with van der Waals surface area (Å²) < 4.78 is 5.49. The van der Waals surface area contributed by atoms with Crippen molar-refractivity contribution in [3.05, 3.63) is 36.5 Å². The fraction of sp³-hybridized carbons (Fsp3) is 0.890. The van der Waals surface area contributed by atoms with Crippen molar-refractivity contribution in [1.82, 2.24) is 5.32 Å². The van der Waals surface area contributed by atoms with E-state index in [1.165, 1.54) is 308 Å². The number of nitrogens with one attached hydrogen (secondary N) is 1. The Hall–Kier alpha value is -1.92. The maximum atomic E-state index is 12.5. The summed E-state index contributed by atoms with van der Waals surface area (Å²) in [4.78, 5) is 24.6. The second-order valence-corrected chi connectivity index (χ2v) is 24.6. The zero-order valence-electron chi connectivity index (χ0n) is 53.4. The summed E-state index contributed by atoms with van der Waals surface area (Å²) in [5, 5.41) is 23.3. The lowest BCUT2D eigenvalue weighted by Crippen LogP contribution is -2.45. The Kier molecular flexibility index (Phi) is 66.9. The highest BCUT2D eigenvalue weighted by Crippen LogP contribution is 2.18. The number of unbranched alkanes of at least 4 members (excludes halogenated alkanes) is 50. The van der Waals surface area contributed by atoms with E-state index in [4.69, 9.17) is 4.74 Å². The van der Waals surface area contributed by atoms with Crippen LogP contribution in [0.2, 0.25) is 0 Å². The molecule has 0 aromatic carbocycles. The maximum absolute atomic E-state index is 12.5. The molecule has 79 heavy (non-hydrogen) atoms. The first kappa shape index (κ1) is 77.1. The molecule has 0 saturated carbocycles. The molecule has 0 aromatic rings. The van der Waals surface area contributed by atoms with Crippen LogP contribution in [-0.4, -0.2) is 47.4 Å². The zero-order chi connectivity index (χ0) is 57.1. The first-order valence-electron chi connectivity index (χ1n) is 35.7. The van der Waals surface area contributed by atoms with Gasteiger partial charge in [0.15, 0.2) is 0 Å². The van der Waals surface area contributed by atoms with E-state index in [9.17, 15) is 19.8 Å². The van der Waals surface area contributed by atoms with E-state index in [0.29, 0.717) is 25.9 Å².